The highest BCUT2D eigenvalue weighted by Crippen LogP contribution is 2.21. The number of thioether (sulfide) groups is 1. The third-order valence-corrected chi connectivity index (χ3v) is 5.12. The van der Waals surface area contributed by atoms with Crippen molar-refractivity contribution < 1.29 is 14.4 Å². The van der Waals surface area contributed by atoms with Gasteiger partial charge in [0, 0.05) is 17.3 Å². The molecule has 0 saturated carbocycles. The van der Waals surface area contributed by atoms with E-state index in [0.29, 0.717) is 23.7 Å². The lowest BCUT2D eigenvalue weighted by molar-refractivity contribution is -0.125. The summed E-state index contributed by atoms with van der Waals surface area (Å²) in [5.41, 5.74) is 2.55. The molecule has 4 amide bonds. The number of nitrogens with one attached hydrogen (secondary N) is 2. The van der Waals surface area contributed by atoms with Crippen LogP contribution in [0.4, 0.5) is 15.3 Å². The van der Waals surface area contributed by atoms with Gasteiger partial charge in [0.15, 0.2) is 0 Å². The molecule has 1 fully saturated rings. The molecule has 140 valence electrons. The van der Waals surface area contributed by atoms with Gasteiger partial charge in [-0.15, -0.1) is 0 Å². The number of halogens is 1. The van der Waals surface area contributed by atoms with Crippen molar-refractivity contribution in [2.24, 2.45) is 0 Å². The van der Waals surface area contributed by atoms with Gasteiger partial charge in [0.2, 0.25) is 5.91 Å². The lowest BCUT2D eigenvalue weighted by atomic mass is 10.1. The van der Waals surface area contributed by atoms with Crippen LogP contribution in [0, 0.1) is 0 Å². The predicted octanol–water partition coefficient (Wildman–Crippen LogP) is 3.90. The summed E-state index contributed by atoms with van der Waals surface area (Å²) >= 11 is 6.86. The smallest absolute Gasteiger partial charge is 0.319 e. The minimum atomic E-state index is -0.294. The van der Waals surface area contributed by atoms with Crippen LogP contribution in [0.5, 0.6) is 0 Å². The second-order valence-corrected chi connectivity index (χ2v) is 7.35. The molecule has 2 aromatic rings. The third kappa shape index (κ3) is 5.48. The molecule has 0 atom stereocenters. The second-order valence-electron chi connectivity index (χ2n) is 5.99. The molecule has 0 bridgehead atoms. The normalized spacial score (nSPS) is 13.7. The van der Waals surface area contributed by atoms with E-state index in [0.717, 1.165) is 22.9 Å². The molecule has 2 N–H and O–H groups in total. The number of urea groups is 1. The maximum absolute atomic E-state index is 12.0. The molecular formula is C19H18ClN3O3S. The van der Waals surface area contributed by atoms with Gasteiger partial charge in [-0.25, -0.2) is 4.79 Å². The average molecular weight is 404 g/mol. The van der Waals surface area contributed by atoms with E-state index in [1.807, 2.05) is 24.3 Å². The fourth-order valence-corrected chi connectivity index (χ4v) is 3.41. The molecule has 0 aliphatic carbocycles. The van der Waals surface area contributed by atoms with Gasteiger partial charge in [-0.1, -0.05) is 47.6 Å². The number of carbonyl (C=O) groups excluding carboxylic acids is 3. The van der Waals surface area contributed by atoms with Gasteiger partial charge in [0.1, 0.15) is 0 Å². The highest BCUT2D eigenvalue weighted by atomic mass is 35.5. The number of rotatable bonds is 6. The Morgan fingerprint density at radius 2 is 1.70 bits per heavy atom. The zero-order valence-corrected chi connectivity index (χ0v) is 16.0. The molecule has 6 nitrogen and oxygen atoms in total. The topological polar surface area (TPSA) is 78.5 Å². The van der Waals surface area contributed by atoms with E-state index in [9.17, 15) is 14.4 Å². The lowest BCUT2D eigenvalue weighted by Crippen LogP contribution is -2.30. The molecule has 0 unspecified atom stereocenters. The predicted molar refractivity (Wildman–Crippen MR) is 107 cm³/mol. The maximum Gasteiger partial charge on any atom is 0.319 e. The van der Waals surface area contributed by atoms with Crippen molar-refractivity contribution in [3.8, 4) is 0 Å². The van der Waals surface area contributed by atoms with Crippen molar-refractivity contribution in [2.45, 2.75) is 13.0 Å². The lowest BCUT2D eigenvalue weighted by Gasteiger charge is -2.13. The Balaban J connectivity index is 1.44. The van der Waals surface area contributed by atoms with Gasteiger partial charge in [-0.3, -0.25) is 14.5 Å². The van der Waals surface area contributed by atoms with Crippen LogP contribution in [0.3, 0.4) is 0 Å². The number of amides is 4. The van der Waals surface area contributed by atoms with E-state index in [-0.39, 0.29) is 29.5 Å². The van der Waals surface area contributed by atoms with Crippen molar-refractivity contribution in [1.29, 1.82) is 0 Å². The van der Waals surface area contributed by atoms with Gasteiger partial charge in [-0.2, -0.15) is 0 Å². The Hall–Kier alpha value is -2.51. The van der Waals surface area contributed by atoms with Crippen LogP contribution >= 0.6 is 23.4 Å². The summed E-state index contributed by atoms with van der Waals surface area (Å²) in [6, 6.07) is 14.3. The molecular weight excluding hydrogens is 386 g/mol. The minimum absolute atomic E-state index is 0.174. The molecule has 1 heterocycles. The Bertz CT molecular complexity index is 824. The molecule has 8 heteroatoms. The first-order chi connectivity index (χ1) is 13.0. The van der Waals surface area contributed by atoms with Crippen molar-refractivity contribution >= 4 is 46.2 Å². The standard InChI is InChI=1S/C19H18ClN3O3S/c20-15-5-1-13(2-6-15)9-10-21-18(25)22-16-7-3-14(4-8-16)11-23-17(24)12-27-19(23)26/h1-8H,9-12H2,(H2,21,22,25). The van der Waals surface area contributed by atoms with E-state index in [1.165, 1.54) is 4.90 Å². The molecule has 0 spiro atoms. The molecule has 1 saturated heterocycles. The number of hydrogen-bond donors (Lipinski definition) is 2. The number of nitrogens with zero attached hydrogens (tertiary/aromatic N) is 1. The molecule has 2 aromatic carbocycles. The molecule has 27 heavy (non-hydrogen) atoms. The first kappa shape index (κ1) is 19.3. The number of benzene rings is 2. The molecule has 3 rings (SSSR count). The minimum Gasteiger partial charge on any atom is -0.338 e. The number of anilines is 1. The number of imide groups is 1. The van der Waals surface area contributed by atoms with E-state index in [4.69, 9.17) is 11.6 Å². The number of hydrogen-bond acceptors (Lipinski definition) is 4. The van der Waals surface area contributed by atoms with E-state index >= 15 is 0 Å². The summed E-state index contributed by atoms with van der Waals surface area (Å²) in [5.74, 6) is 0.0292. The van der Waals surface area contributed by atoms with Crippen LogP contribution in [0.25, 0.3) is 0 Å². The Kier molecular flexibility index (Phi) is 6.36. The second kappa shape index (κ2) is 8.92. The molecule has 1 aliphatic rings. The van der Waals surface area contributed by atoms with E-state index in [2.05, 4.69) is 10.6 Å². The summed E-state index contributed by atoms with van der Waals surface area (Å²) in [6.07, 6.45) is 0.708. The fraction of sp³-hybridized carbons (Fsp3) is 0.211. The Morgan fingerprint density at radius 1 is 1.04 bits per heavy atom. The molecule has 1 aliphatic heterocycles. The van der Waals surface area contributed by atoms with Gasteiger partial charge >= 0.3 is 6.03 Å². The molecule has 0 aromatic heterocycles. The Labute approximate surface area is 166 Å². The van der Waals surface area contributed by atoms with Gasteiger partial charge in [0.05, 0.1) is 12.3 Å². The fourth-order valence-electron chi connectivity index (χ4n) is 2.56. The van der Waals surface area contributed by atoms with Crippen molar-refractivity contribution in [2.75, 3.05) is 17.6 Å². The van der Waals surface area contributed by atoms with Crippen LogP contribution in [-0.4, -0.2) is 34.4 Å². The van der Waals surface area contributed by atoms with Crippen molar-refractivity contribution in [1.82, 2.24) is 10.2 Å². The average Bonchev–Trinajstić information content (AvgIpc) is 2.97. The zero-order valence-electron chi connectivity index (χ0n) is 14.4. The largest absolute Gasteiger partial charge is 0.338 e. The van der Waals surface area contributed by atoms with Gasteiger partial charge in [0.25, 0.3) is 5.24 Å². The Morgan fingerprint density at radius 3 is 2.33 bits per heavy atom. The van der Waals surface area contributed by atoms with Crippen LogP contribution < -0.4 is 10.6 Å². The van der Waals surface area contributed by atoms with Gasteiger partial charge < -0.3 is 10.6 Å². The van der Waals surface area contributed by atoms with Crippen molar-refractivity contribution in [3.05, 3.63) is 64.7 Å². The van der Waals surface area contributed by atoms with Crippen LogP contribution in [-0.2, 0) is 17.8 Å². The maximum atomic E-state index is 12.0. The highest BCUT2D eigenvalue weighted by molar-refractivity contribution is 8.14. The van der Waals surface area contributed by atoms with E-state index < -0.39 is 0 Å². The van der Waals surface area contributed by atoms with E-state index in [1.54, 1.807) is 24.3 Å². The SMILES string of the molecule is O=C(NCCc1ccc(Cl)cc1)Nc1ccc(CN2C(=O)CSC2=O)cc1. The number of carbonyl (C=O) groups is 3. The first-order valence-electron chi connectivity index (χ1n) is 8.36. The summed E-state index contributed by atoms with van der Waals surface area (Å²) in [7, 11) is 0. The first-order valence-corrected chi connectivity index (χ1v) is 9.73. The highest BCUT2D eigenvalue weighted by Gasteiger charge is 2.29. The summed E-state index contributed by atoms with van der Waals surface area (Å²) in [5, 5.41) is 6.01. The summed E-state index contributed by atoms with van der Waals surface area (Å²) < 4.78 is 0. The van der Waals surface area contributed by atoms with Gasteiger partial charge in [-0.05, 0) is 41.8 Å². The quantitative estimate of drug-likeness (QED) is 0.766. The summed E-state index contributed by atoms with van der Waals surface area (Å²) in [4.78, 5) is 36.4. The monoisotopic (exact) mass is 403 g/mol. The zero-order chi connectivity index (χ0) is 19.2. The van der Waals surface area contributed by atoms with Crippen LogP contribution in [0.1, 0.15) is 11.1 Å². The van der Waals surface area contributed by atoms with Crippen molar-refractivity contribution in [3.63, 3.8) is 0 Å². The molecule has 0 radical (unpaired) electrons. The summed E-state index contributed by atoms with van der Waals surface area (Å²) in [6.45, 7) is 0.751. The third-order valence-electron chi connectivity index (χ3n) is 4.01. The van der Waals surface area contributed by atoms with Crippen LogP contribution in [0.15, 0.2) is 48.5 Å². The van der Waals surface area contributed by atoms with Crippen LogP contribution in [0.2, 0.25) is 5.02 Å².